The van der Waals surface area contributed by atoms with Crippen molar-refractivity contribution in [3.8, 4) is 11.5 Å². The minimum atomic E-state index is -0.254. The zero-order valence-electron chi connectivity index (χ0n) is 21.3. The van der Waals surface area contributed by atoms with Crippen molar-refractivity contribution < 1.29 is 19.8 Å². The van der Waals surface area contributed by atoms with Crippen molar-refractivity contribution in [3.63, 3.8) is 0 Å². The Morgan fingerprint density at radius 1 is 1.11 bits per heavy atom. The van der Waals surface area contributed by atoms with Crippen LogP contribution in [0.4, 0.5) is 5.69 Å². The molecule has 36 heavy (non-hydrogen) atoms. The van der Waals surface area contributed by atoms with Crippen LogP contribution in [0.25, 0.3) is 0 Å². The number of nitrogens with one attached hydrogen (secondary N) is 3. The Morgan fingerprint density at radius 2 is 1.81 bits per heavy atom. The van der Waals surface area contributed by atoms with Crippen LogP contribution in [0, 0.1) is 10.8 Å². The summed E-state index contributed by atoms with van der Waals surface area (Å²) in [7, 11) is 0. The van der Waals surface area contributed by atoms with Gasteiger partial charge >= 0.3 is 0 Å². The molecule has 0 bridgehead atoms. The van der Waals surface area contributed by atoms with Gasteiger partial charge in [0.1, 0.15) is 29.8 Å². The molecule has 10 heteroatoms. The van der Waals surface area contributed by atoms with E-state index in [1.165, 1.54) is 11.0 Å². The van der Waals surface area contributed by atoms with Gasteiger partial charge in [0.25, 0.3) is 0 Å². The van der Waals surface area contributed by atoms with Crippen molar-refractivity contribution in [3.05, 3.63) is 52.0 Å². The van der Waals surface area contributed by atoms with Gasteiger partial charge in [0.15, 0.2) is 0 Å². The largest absolute Gasteiger partial charge is 0.508 e. The summed E-state index contributed by atoms with van der Waals surface area (Å²) in [6, 6.07) is 8.28. The zero-order valence-corrected chi connectivity index (χ0v) is 22.0. The topological polar surface area (TPSA) is 125 Å². The lowest BCUT2D eigenvalue weighted by Gasteiger charge is -2.29. The van der Waals surface area contributed by atoms with Crippen LogP contribution in [-0.2, 0) is 16.1 Å². The molecule has 0 radical (unpaired) electrons. The number of phenols is 2. The summed E-state index contributed by atoms with van der Waals surface area (Å²) in [6.07, 6.45) is 0. The number of phenolic OH excluding ortho intramolecular Hbond substituents is 2. The fraction of sp³-hybridized carbons (Fsp3) is 0.462. The molecule has 1 saturated heterocycles. The van der Waals surface area contributed by atoms with Gasteiger partial charge in [-0.15, -0.1) is 0 Å². The maximum Gasteiger partial charge on any atom is 0.142 e. The van der Waals surface area contributed by atoms with Crippen molar-refractivity contribution >= 4 is 29.0 Å². The molecule has 0 aromatic heterocycles. The van der Waals surface area contributed by atoms with Gasteiger partial charge in [-0.25, -0.2) is 0 Å². The lowest BCUT2D eigenvalue weighted by Crippen LogP contribution is -2.41. The first-order valence-electron chi connectivity index (χ1n) is 12.1. The number of morpholine rings is 1. The molecule has 0 saturated carbocycles. The molecule has 0 aliphatic carbocycles. The van der Waals surface area contributed by atoms with E-state index < -0.39 is 0 Å². The van der Waals surface area contributed by atoms with Crippen molar-refractivity contribution in [2.75, 3.05) is 37.8 Å². The summed E-state index contributed by atoms with van der Waals surface area (Å²) >= 11 is 6.66. The summed E-state index contributed by atoms with van der Waals surface area (Å²) in [5.41, 5.74) is 5.02. The van der Waals surface area contributed by atoms with Gasteiger partial charge in [-0.2, -0.15) is 5.48 Å². The highest BCUT2D eigenvalue weighted by atomic mass is 35.5. The number of amidine groups is 2. The van der Waals surface area contributed by atoms with E-state index in [4.69, 9.17) is 32.0 Å². The summed E-state index contributed by atoms with van der Waals surface area (Å²) in [5.74, 6) is -0.484. The molecule has 0 spiro atoms. The first-order chi connectivity index (χ1) is 17.1. The predicted molar refractivity (Wildman–Crippen MR) is 143 cm³/mol. The maximum atomic E-state index is 10.6. The smallest absolute Gasteiger partial charge is 0.142 e. The molecule has 9 nitrogen and oxygen atoms in total. The van der Waals surface area contributed by atoms with E-state index in [0.717, 1.165) is 18.7 Å². The molecule has 1 aliphatic heterocycles. The van der Waals surface area contributed by atoms with Gasteiger partial charge in [0, 0.05) is 36.8 Å². The Kier molecular flexibility index (Phi) is 9.69. The number of rotatable bonds is 9. The van der Waals surface area contributed by atoms with Crippen LogP contribution in [0.1, 0.15) is 50.3 Å². The van der Waals surface area contributed by atoms with E-state index in [0.29, 0.717) is 36.0 Å². The molecule has 2 aromatic carbocycles. The number of nitrogens with zero attached hydrogens (tertiary/aromatic N) is 2. The van der Waals surface area contributed by atoms with Gasteiger partial charge in [-0.3, -0.25) is 25.5 Å². The quantitative estimate of drug-likeness (QED) is 0.189. The third-order valence-electron chi connectivity index (χ3n) is 5.84. The second-order valence-electron chi connectivity index (χ2n) is 9.44. The Balaban J connectivity index is 1.95. The Hall–Kier alpha value is -2.69. The maximum absolute atomic E-state index is 10.6. The zero-order chi connectivity index (χ0) is 26.4. The van der Waals surface area contributed by atoms with Gasteiger partial charge in [-0.05, 0) is 49.1 Å². The molecule has 2 aromatic rings. The summed E-state index contributed by atoms with van der Waals surface area (Å²) in [4.78, 5) is 9.09. The average molecular weight is 518 g/mol. The molecule has 3 rings (SSSR count). The minimum Gasteiger partial charge on any atom is -0.508 e. The average Bonchev–Trinajstić information content (AvgIpc) is 2.81. The third-order valence-corrected chi connectivity index (χ3v) is 6.19. The monoisotopic (exact) mass is 517 g/mol. The van der Waals surface area contributed by atoms with Crippen LogP contribution in [0.5, 0.6) is 11.5 Å². The Labute approximate surface area is 217 Å². The van der Waals surface area contributed by atoms with Gasteiger partial charge in [0.2, 0.25) is 0 Å². The molecular weight excluding hydrogens is 482 g/mol. The number of hydroxylamine groups is 1. The van der Waals surface area contributed by atoms with Crippen molar-refractivity contribution in [1.29, 1.82) is 10.8 Å². The molecule has 0 atom stereocenters. The highest BCUT2D eigenvalue weighted by Gasteiger charge is 2.25. The fourth-order valence-electron chi connectivity index (χ4n) is 3.93. The van der Waals surface area contributed by atoms with Crippen molar-refractivity contribution in [2.45, 2.75) is 46.2 Å². The Bertz CT molecular complexity index is 1090. The highest BCUT2D eigenvalue weighted by Crippen LogP contribution is 2.34. The van der Waals surface area contributed by atoms with Crippen molar-refractivity contribution in [2.24, 2.45) is 0 Å². The number of hydrogen-bond donors (Lipinski definition) is 5. The van der Waals surface area contributed by atoms with Gasteiger partial charge in [-0.1, -0.05) is 31.5 Å². The molecule has 1 heterocycles. The molecule has 5 N–H and O–H groups in total. The lowest BCUT2D eigenvalue weighted by molar-refractivity contribution is 0.0342. The number of hydrogen-bond acceptors (Lipinski definition) is 8. The van der Waals surface area contributed by atoms with Gasteiger partial charge < -0.3 is 14.9 Å². The predicted octanol–water partition coefficient (Wildman–Crippen LogP) is 4.45. The molecule has 1 fully saturated rings. The minimum absolute atomic E-state index is 0.0243. The lowest BCUT2D eigenvalue weighted by atomic mass is 9.98. The second kappa shape index (κ2) is 12.5. The van der Waals surface area contributed by atoms with E-state index in [-0.39, 0.29) is 47.3 Å². The van der Waals surface area contributed by atoms with Crippen LogP contribution in [0.15, 0.2) is 30.3 Å². The highest BCUT2D eigenvalue weighted by molar-refractivity contribution is 6.32. The number of halogens is 1. The van der Waals surface area contributed by atoms with Crippen LogP contribution in [-0.4, -0.2) is 65.7 Å². The number of anilines is 1. The third kappa shape index (κ3) is 6.96. The number of benzene rings is 2. The standard InChI is InChI=1S/C26H36ClN5O4/c1-16(2)20-12-21(24(34)13-23(20)33)26(29)32(25(28)15-36-30-17(3)4)19-6-5-18(22(27)11-19)14-31-7-9-35-10-8-31/h5-6,11-13,16-17,28-30,33-34H,7-10,14-15H2,1-4H3. The number of ether oxygens (including phenoxy) is 1. The van der Waals surface area contributed by atoms with E-state index in [9.17, 15) is 10.2 Å². The van der Waals surface area contributed by atoms with E-state index in [1.807, 2.05) is 33.8 Å². The normalized spacial score (nSPS) is 14.4. The number of aromatic hydroxyl groups is 2. The van der Waals surface area contributed by atoms with Crippen LogP contribution < -0.4 is 10.4 Å². The molecule has 0 amide bonds. The SMILES string of the molecule is CC(C)NOCC(=N)N(C(=N)c1cc(C(C)C)c(O)cc1O)c1ccc(CN2CCOCC2)c(Cl)c1. The molecule has 196 valence electrons. The second-order valence-corrected chi connectivity index (χ2v) is 9.85. The van der Waals surface area contributed by atoms with Crippen LogP contribution in [0.2, 0.25) is 5.02 Å². The summed E-state index contributed by atoms with van der Waals surface area (Å²) < 4.78 is 5.42. The van der Waals surface area contributed by atoms with Gasteiger partial charge in [0.05, 0.1) is 24.5 Å². The van der Waals surface area contributed by atoms with Crippen molar-refractivity contribution in [1.82, 2.24) is 10.4 Å². The first-order valence-corrected chi connectivity index (χ1v) is 12.4. The van der Waals surface area contributed by atoms with Crippen LogP contribution >= 0.6 is 11.6 Å². The molecule has 1 aliphatic rings. The summed E-state index contributed by atoms with van der Waals surface area (Å²) in [5, 5.41) is 39.0. The fourth-order valence-corrected chi connectivity index (χ4v) is 4.17. The first kappa shape index (κ1) is 27.9. The van der Waals surface area contributed by atoms with E-state index >= 15 is 0 Å². The van der Waals surface area contributed by atoms with E-state index in [1.54, 1.807) is 18.2 Å². The summed E-state index contributed by atoms with van der Waals surface area (Å²) in [6.45, 7) is 11.3. The Morgan fingerprint density at radius 3 is 2.42 bits per heavy atom. The molecular formula is C26H36ClN5O4. The van der Waals surface area contributed by atoms with E-state index in [2.05, 4.69) is 10.4 Å². The van der Waals surface area contributed by atoms with Crippen LogP contribution in [0.3, 0.4) is 0 Å². The molecule has 0 unspecified atom stereocenters.